The van der Waals surface area contributed by atoms with Crippen LogP contribution < -0.4 is 14.8 Å². The molecule has 0 aromatic heterocycles. The molecule has 0 radical (unpaired) electrons. The Bertz CT molecular complexity index is 715. The number of carboxylic acids is 1. The van der Waals surface area contributed by atoms with Gasteiger partial charge in [0.15, 0.2) is 6.61 Å². The second kappa shape index (κ2) is 7.64. The van der Waals surface area contributed by atoms with Crippen molar-refractivity contribution in [2.45, 2.75) is 0 Å². The number of carbonyl (C=O) groups excluding carboxylic acids is 1. The molecule has 0 saturated heterocycles. The number of rotatable bonds is 6. The van der Waals surface area contributed by atoms with Crippen LogP contribution in [-0.2, 0) is 4.79 Å². The molecule has 0 fully saturated rings. The van der Waals surface area contributed by atoms with Crippen LogP contribution in [0, 0.1) is 0 Å². The molecule has 0 saturated carbocycles. The van der Waals surface area contributed by atoms with Gasteiger partial charge in [-0.1, -0.05) is 15.9 Å². The average molecular weight is 380 g/mol. The number of anilines is 1. The van der Waals surface area contributed by atoms with Crippen molar-refractivity contribution in [2.24, 2.45) is 0 Å². The predicted octanol–water partition coefficient (Wildman–Crippen LogP) is 3.17. The number of hydrogen-bond donors (Lipinski definition) is 2. The predicted molar refractivity (Wildman–Crippen MR) is 88.2 cm³/mol. The minimum atomic E-state index is -1.05. The molecule has 2 N–H and O–H groups in total. The van der Waals surface area contributed by atoms with Crippen molar-refractivity contribution in [1.29, 1.82) is 0 Å². The van der Waals surface area contributed by atoms with E-state index in [0.29, 0.717) is 22.7 Å². The summed E-state index contributed by atoms with van der Waals surface area (Å²) in [6.45, 7) is -0.416. The summed E-state index contributed by atoms with van der Waals surface area (Å²) in [5, 5.41) is 11.3. The highest BCUT2D eigenvalue weighted by molar-refractivity contribution is 9.10. The molecule has 2 aromatic carbocycles. The summed E-state index contributed by atoms with van der Waals surface area (Å²) in [4.78, 5) is 22.8. The normalized spacial score (nSPS) is 10.0. The Kier molecular flexibility index (Phi) is 5.59. The molecule has 2 aromatic rings. The molecule has 0 atom stereocenters. The summed E-state index contributed by atoms with van der Waals surface area (Å²) in [5.41, 5.74) is 0.952. The molecular formula is C16H14BrNO5. The van der Waals surface area contributed by atoms with Crippen LogP contribution in [0.4, 0.5) is 5.69 Å². The molecule has 0 spiro atoms. The maximum Gasteiger partial charge on any atom is 0.341 e. The van der Waals surface area contributed by atoms with Crippen molar-refractivity contribution in [2.75, 3.05) is 19.0 Å². The lowest BCUT2D eigenvalue weighted by Gasteiger charge is -2.10. The Morgan fingerprint density at radius 2 is 1.87 bits per heavy atom. The first-order chi connectivity index (χ1) is 11.0. The van der Waals surface area contributed by atoms with E-state index < -0.39 is 12.6 Å². The number of ether oxygens (including phenoxy) is 2. The van der Waals surface area contributed by atoms with Crippen molar-refractivity contribution < 1.29 is 24.2 Å². The van der Waals surface area contributed by atoms with E-state index >= 15 is 0 Å². The van der Waals surface area contributed by atoms with E-state index in [0.717, 1.165) is 4.47 Å². The Hall–Kier alpha value is -2.54. The molecule has 0 heterocycles. The van der Waals surface area contributed by atoms with Crippen LogP contribution in [0.3, 0.4) is 0 Å². The van der Waals surface area contributed by atoms with E-state index in [1.807, 2.05) is 0 Å². The molecule has 7 heteroatoms. The third-order valence-electron chi connectivity index (χ3n) is 2.88. The molecular weight excluding hydrogens is 366 g/mol. The minimum absolute atomic E-state index is 0.317. The molecule has 1 amide bonds. The van der Waals surface area contributed by atoms with E-state index in [2.05, 4.69) is 21.2 Å². The molecule has 0 aliphatic carbocycles. The number of halogens is 1. The van der Waals surface area contributed by atoms with Gasteiger partial charge < -0.3 is 19.9 Å². The highest BCUT2D eigenvalue weighted by atomic mass is 79.9. The maximum absolute atomic E-state index is 12.3. The highest BCUT2D eigenvalue weighted by Crippen LogP contribution is 2.24. The number of aliphatic carboxylic acids is 1. The zero-order chi connectivity index (χ0) is 16.8. The van der Waals surface area contributed by atoms with Gasteiger partial charge in [-0.05, 0) is 42.5 Å². The lowest BCUT2D eigenvalue weighted by atomic mass is 10.2. The van der Waals surface area contributed by atoms with E-state index in [-0.39, 0.29) is 5.91 Å². The molecule has 6 nitrogen and oxygen atoms in total. The molecule has 23 heavy (non-hydrogen) atoms. The van der Waals surface area contributed by atoms with Gasteiger partial charge in [-0.15, -0.1) is 0 Å². The zero-order valence-corrected chi connectivity index (χ0v) is 13.8. The zero-order valence-electron chi connectivity index (χ0n) is 12.2. The molecule has 120 valence electrons. The molecule has 0 bridgehead atoms. The first-order valence-electron chi connectivity index (χ1n) is 6.59. The largest absolute Gasteiger partial charge is 0.496 e. The van der Waals surface area contributed by atoms with Gasteiger partial charge in [0, 0.05) is 10.2 Å². The van der Waals surface area contributed by atoms with Crippen LogP contribution in [0.2, 0.25) is 0 Å². The Labute approximate surface area is 141 Å². The first kappa shape index (κ1) is 16.8. The molecule has 2 rings (SSSR count). The maximum atomic E-state index is 12.3. The third-order valence-corrected chi connectivity index (χ3v) is 3.37. The Morgan fingerprint density at radius 1 is 1.17 bits per heavy atom. The number of methoxy groups -OCH3 is 1. The number of benzene rings is 2. The summed E-state index contributed by atoms with van der Waals surface area (Å²) < 4.78 is 11.0. The van der Waals surface area contributed by atoms with Gasteiger partial charge in [-0.2, -0.15) is 0 Å². The molecule has 0 aliphatic heterocycles. The number of nitrogens with one attached hydrogen (secondary N) is 1. The fraction of sp³-hybridized carbons (Fsp3) is 0.125. The van der Waals surface area contributed by atoms with Crippen LogP contribution in [0.1, 0.15) is 10.4 Å². The lowest BCUT2D eigenvalue weighted by Crippen LogP contribution is -2.13. The topological polar surface area (TPSA) is 84.9 Å². The summed E-state index contributed by atoms with van der Waals surface area (Å²) in [7, 11) is 1.49. The van der Waals surface area contributed by atoms with Crippen LogP contribution >= 0.6 is 15.9 Å². The van der Waals surface area contributed by atoms with Crippen molar-refractivity contribution >= 4 is 33.5 Å². The second-order valence-corrected chi connectivity index (χ2v) is 5.42. The summed E-state index contributed by atoms with van der Waals surface area (Å²) in [6.07, 6.45) is 0. The van der Waals surface area contributed by atoms with Gasteiger partial charge in [-0.25, -0.2) is 4.79 Å². The first-order valence-corrected chi connectivity index (χ1v) is 7.38. The summed E-state index contributed by atoms with van der Waals surface area (Å²) in [6, 6.07) is 11.6. The monoisotopic (exact) mass is 379 g/mol. The van der Waals surface area contributed by atoms with Crippen LogP contribution in [0.25, 0.3) is 0 Å². The van der Waals surface area contributed by atoms with E-state index in [1.165, 1.54) is 7.11 Å². The molecule has 0 unspecified atom stereocenters. The standard InChI is InChI=1S/C16H14BrNO5/c1-22-14-7-2-10(17)8-13(14)16(21)18-11-3-5-12(6-4-11)23-9-15(19)20/h2-8H,9H2,1H3,(H,18,21)(H,19,20). The van der Waals surface area contributed by atoms with Crippen molar-refractivity contribution in [1.82, 2.24) is 0 Å². The van der Waals surface area contributed by atoms with Crippen molar-refractivity contribution in [3.05, 3.63) is 52.5 Å². The van der Waals surface area contributed by atoms with Crippen LogP contribution in [-0.4, -0.2) is 30.7 Å². The van der Waals surface area contributed by atoms with Crippen molar-refractivity contribution in [3.63, 3.8) is 0 Å². The Morgan fingerprint density at radius 3 is 2.48 bits per heavy atom. The number of carboxylic acid groups (broad SMARTS) is 1. The summed E-state index contributed by atoms with van der Waals surface area (Å²) >= 11 is 3.32. The van der Waals surface area contributed by atoms with E-state index in [1.54, 1.807) is 42.5 Å². The average Bonchev–Trinajstić information content (AvgIpc) is 2.54. The highest BCUT2D eigenvalue weighted by Gasteiger charge is 2.13. The van der Waals surface area contributed by atoms with Gasteiger partial charge in [-0.3, -0.25) is 4.79 Å². The second-order valence-electron chi connectivity index (χ2n) is 4.51. The van der Waals surface area contributed by atoms with E-state index in [9.17, 15) is 9.59 Å². The Balaban J connectivity index is 2.08. The van der Waals surface area contributed by atoms with Gasteiger partial charge in [0.05, 0.1) is 12.7 Å². The number of hydrogen-bond acceptors (Lipinski definition) is 4. The van der Waals surface area contributed by atoms with Gasteiger partial charge in [0.1, 0.15) is 11.5 Å². The SMILES string of the molecule is COc1ccc(Br)cc1C(=O)Nc1ccc(OCC(=O)O)cc1. The molecule has 0 aliphatic rings. The summed E-state index contributed by atoms with van der Waals surface area (Å²) in [5.74, 6) is -0.496. The van der Waals surface area contributed by atoms with Gasteiger partial charge in [0.2, 0.25) is 0 Å². The fourth-order valence-electron chi connectivity index (χ4n) is 1.84. The van der Waals surface area contributed by atoms with Crippen LogP contribution in [0.15, 0.2) is 46.9 Å². The smallest absolute Gasteiger partial charge is 0.341 e. The van der Waals surface area contributed by atoms with Crippen LogP contribution in [0.5, 0.6) is 11.5 Å². The van der Waals surface area contributed by atoms with Crippen molar-refractivity contribution in [3.8, 4) is 11.5 Å². The van der Waals surface area contributed by atoms with Gasteiger partial charge >= 0.3 is 5.97 Å². The fourth-order valence-corrected chi connectivity index (χ4v) is 2.20. The number of carbonyl (C=O) groups is 2. The quantitative estimate of drug-likeness (QED) is 0.804. The van der Waals surface area contributed by atoms with Gasteiger partial charge in [0.25, 0.3) is 5.91 Å². The lowest BCUT2D eigenvalue weighted by molar-refractivity contribution is -0.139. The minimum Gasteiger partial charge on any atom is -0.496 e. The van der Waals surface area contributed by atoms with E-state index in [4.69, 9.17) is 14.6 Å². The number of amides is 1. The third kappa shape index (κ3) is 4.72.